The first-order chi connectivity index (χ1) is 8.15. The van der Waals surface area contributed by atoms with Gasteiger partial charge in [0.1, 0.15) is 0 Å². The molecule has 7 heteroatoms. The molecule has 17 heavy (non-hydrogen) atoms. The Morgan fingerprint density at radius 3 is 3.00 bits per heavy atom. The summed E-state index contributed by atoms with van der Waals surface area (Å²) in [7, 11) is 3.41. The first kappa shape index (κ1) is 13.6. The molecular weight excluding hydrogens is 222 g/mol. The predicted octanol–water partition coefficient (Wildman–Crippen LogP) is -0.944. The Hall–Kier alpha value is -1.47. The molecule has 0 saturated heterocycles. The van der Waals surface area contributed by atoms with E-state index < -0.39 is 0 Å². The molecule has 1 aromatic rings. The van der Waals surface area contributed by atoms with Crippen molar-refractivity contribution in [1.29, 1.82) is 0 Å². The molecule has 0 fully saturated rings. The minimum Gasteiger partial charge on any atom is -0.383 e. The zero-order valence-corrected chi connectivity index (χ0v) is 10.4. The van der Waals surface area contributed by atoms with Crippen LogP contribution in [0, 0.1) is 0 Å². The quantitative estimate of drug-likeness (QED) is 0.602. The highest BCUT2D eigenvalue weighted by molar-refractivity contribution is 5.81. The fourth-order valence-corrected chi connectivity index (χ4v) is 1.25. The Kier molecular flexibility index (Phi) is 5.58. The van der Waals surface area contributed by atoms with E-state index >= 15 is 0 Å². The topological polar surface area (TPSA) is 81.1 Å². The normalized spacial score (nSPS) is 12.4. The maximum Gasteiger partial charge on any atom is 0.236 e. The van der Waals surface area contributed by atoms with E-state index in [1.807, 2.05) is 14.0 Å². The molecule has 0 aromatic carbocycles. The second-order valence-corrected chi connectivity index (χ2v) is 3.74. The van der Waals surface area contributed by atoms with Gasteiger partial charge in [0.15, 0.2) is 0 Å². The van der Waals surface area contributed by atoms with Crippen LogP contribution in [0.15, 0.2) is 6.20 Å². The van der Waals surface area contributed by atoms with E-state index in [4.69, 9.17) is 4.74 Å². The number of carbonyl (C=O) groups excluding carboxylic acids is 1. The third-order valence-electron chi connectivity index (χ3n) is 2.40. The number of aromatic nitrogens is 3. The molecule has 1 heterocycles. The van der Waals surface area contributed by atoms with Gasteiger partial charge in [0.2, 0.25) is 5.91 Å². The van der Waals surface area contributed by atoms with Crippen LogP contribution in [-0.2, 0) is 23.1 Å². The molecule has 7 nitrogen and oxygen atoms in total. The zero-order chi connectivity index (χ0) is 12.7. The molecule has 0 saturated carbocycles. The first-order valence-electron chi connectivity index (χ1n) is 5.48. The smallest absolute Gasteiger partial charge is 0.236 e. The van der Waals surface area contributed by atoms with Gasteiger partial charge in [0.25, 0.3) is 0 Å². The third-order valence-corrected chi connectivity index (χ3v) is 2.40. The number of nitrogens with zero attached hydrogens (tertiary/aromatic N) is 3. The summed E-state index contributed by atoms with van der Waals surface area (Å²) in [5, 5.41) is 13.4. The Bertz CT molecular complexity index is 352. The van der Waals surface area contributed by atoms with Crippen LogP contribution in [0.1, 0.15) is 12.6 Å². The number of rotatable bonds is 7. The summed E-state index contributed by atoms with van der Waals surface area (Å²) in [5.74, 6) is -0.0443. The lowest BCUT2D eigenvalue weighted by Crippen LogP contribution is -2.43. The monoisotopic (exact) mass is 241 g/mol. The van der Waals surface area contributed by atoms with Crippen LogP contribution in [0.4, 0.5) is 0 Å². The Balaban J connectivity index is 2.27. The molecular formula is C10H19N5O2. The average molecular weight is 241 g/mol. The van der Waals surface area contributed by atoms with Gasteiger partial charge >= 0.3 is 0 Å². The number of nitrogens with one attached hydrogen (secondary N) is 2. The van der Waals surface area contributed by atoms with E-state index in [2.05, 4.69) is 20.9 Å². The predicted molar refractivity (Wildman–Crippen MR) is 62.2 cm³/mol. The summed E-state index contributed by atoms with van der Waals surface area (Å²) < 4.78 is 6.52. The van der Waals surface area contributed by atoms with Crippen LogP contribution in [0.2, 0.25) is 0 Å². The average Bonchev–Trinajstić information content (AvgIpc) is 2.72. The molecule has 2 N–H and O–H groups in total. The molecule has 0 bridgehead atoms. The van der Waals surface area contributed by atoms with E-state index in [0.717, 1.165) is 5.69 Å². The molecule has 0 aliphatic carbocycles. The van der Waals surface area contributed by atoms with E-state index in [-0.39, 0.29) is 11.9 Å². The number of amides is 1. The fraction of sp³-hybridized carbons (Fsp3) is 0.700. The summed E-state index contributed by atoms with van der Waals surface area (Å²) in [5.41, 5.74) is 0.932. The zero-order valence-electron chi connectivity index (χ0n) is 10.4. The molecule has 1 amide bonds. The second kappa shape index (κ2) is 6.97. The number of ether oxygens (including phenoxy) is 1. The van der Waals surface area contributed by atoms with Crippen LogP contribution >= 0.6 is 0 Å². The standard InChI is InChI=1S/C10H19N5O2/c1-8(10(16)11-4-5-17-3)12-6-9-7-13-14-15(9)2/h7-8,12H,4-6H2,1-3H3,(H,11,16). The minimum absolute atomic E-state index is 0.0443. The lowest BCUT2D eigenvalue weighted by Gasteiger charge is -2.13. The van der Waals surface area contributed by atoms with Crippen LogP contribution in [0.25, 0.3) is 0 Å². The van der Waals surface area contributed by atoms with Gasteiger partial charge in [0, 0.05) is 27.2 Å². The van der Waals surface area contributed by atoms with Crippen molar-refractivity contribution in [1.82, 2.24) is 25.6 Å². The number of hydrogen-bond acceptors (Lipinski definition) is 5. The van der Waals surface area contributed by atoms with Gasteiger partial charge in [0.05, 0.1) is 24.5 Å². The van der Waals surface area contributed by atoms with Crippen LogP contribution in [0.5, 0.6) is 0 Å². The molecule has 0 spiro atoms. The Labute approximate surface area is 101 Å². The van der Waals surface area contributed by atoms with Crippen molar-refractivity contribution in [2.24, 2.45) is 7.05 Å². The van der Waals surface area contributed by atoms with Crippen molar-refractivity contribution >= 4 is 5.91 Å². The lowest BCUT2D eigenvalue weighted by molar-refractivity contribution is -0.123. The highest BCUT2D eigenvalue weighted by atomic mass is 16.5. The summed E-state index contributed by atoms with van der Waals surface area (Å²) in [6.07, 6.45) is 1.67. The van der Waals surface area contributed by atoms with Crippen LogP contribution in [0.3, 0.4) is 0 Å². The number of hydrogen-bond donors (Lipinski definition) is 2. The van der Waals surface area contributed by atoms with Crippen LogP contribution in [-0.4, -0.2) is 47.2 Å². The number of carbonyl (C=O) groups is 1. The van der Waals surface area contributed by atoms with Crippen LogP contribution < -0.4 is 10.6 Å². The number of aryl methyl sites for hydroxylation is 1. The third kappa shape index (κ3) is 4.49. The molecule has 1 atom stereocenters. The highest BCUT2D eigenvalue weighted by Gasteiger charge is 2.12. The largest absolute Gasteiger partial charge is 0.383 e. The van der Waals surface area contributed by atoms with Crippen molar-refractivity contribution < 1.29 is 9.53 Å². The molecule has 96 valence electrons. The SMILES string of the molecule is COCCNC(=O)C(C)NCc1cnnn1C. The van der Waals surface area contributed by atoms with Gasteiger partial charge in [-0.05, 0) is 6.92 Å². The molecule has 0 aliphatic heterocycles. The van der Waals surface area contributed by atoms with Gasteiger partial charge in [-0.2, -0.15) is 0 Å². The molecule has 0 aliphatic rings. The summed E-state index contributed by atoms with van der Waals surface area (Å²) in [6, 6.07) is -0.262. The van der Waals surface area contributed by atoms with E-state index in [1.165, 1.54) is 0 Å². The minimum atomic E-state index is -0.262. The second-order valence-electron chi connectivity index (χ2n) is 3.74. The van der Waals surface area contributed by atoms with Crippen molar-refractivity contribution in [2.45, 2.75) is 19.5 Å². The molecule has 1 aromatic heterocycles. The summed E-state index contributed by atoms with van der Waals surface area (Å²) in [6.45, 7) is 3.41. The van der Waals surface area contributed by atoms with Gasteiger partial charge < -0.3 is 15.4 Å². The van der Waals surface area contributed by atoms with E-state index in [9.17, 15) is 4.79 Å². The van der Waals surface area contributed by atoms with Crippen molar-refractivity contribution in [3.05, 3.63) is 11.9 Å². The van der Waals surface area contributed by atoms with E-state index in [0.29, 0.717) is 19.7 Å². The van der Waals surface area contributed by atoms with Crippen molar-refractivity contribution in [3.8, 4) is 0 Å². The summed E-state index contributed by atoms with van der Waals surface area (Å²) in [4.78, 5) is 11.6. The number of methoxy groups -OCH3 is 1. The first-order valence-corrected chi connectivity index (χ1v) is 5.48. The Morgan fingerprint density at radius 1 is 1.65 bits per heavy atom. The van der Waals surface area contributed by atoms with Gasteiger partial charge in [-0.3, -0.25) is 9.48 Å². The molecule has 0 radical (unpaired) electrons. The maximum absolute atomic E-state index is 11.6. The molecule has 1 rings (SSSR count). The highest BCUT2D eigenvalue weighted by Crippen LogP contribution is 1.93. The maximum atomic E-state index is 11.6. The van der Waals surface area contributed by atoms with Gasteiger partial charge in [-0.15, -0.1) is 5.10 Å². The molecule has 1 unspecified atom stereocenters. The van der Waals surface area contributed by atoms with E-state index in [1.54, 1.807) is 18.0 Å². The fourth-order valence-electron chi connectivity index (χ4n) is 1.25. The Morgan fingerprint density at radius 2 is 2.41 bits per heavy atom. The lowest BCUT2D eigenvalue weighted by atomic mass is 10.3. The summed E-state index contributed by atoms with van der Waals surface area (Å²) >= 11 is 0. The van der Waals surface area contributed by atoms with Crippen molar-refractivity contribution in [3.63, 3.8) is 0 Å². The van der Waals surface area contributed by atoms with Gasteiger partial charge in [-0.25, -0.2) is 0 Å². The van der Waals surface area contributed by atoms with Crippen molar-refractivity contribution in [2.75, 3.05) is 20.3 Å². The van der Waals surface area contributed by atoms with Gasteiger partial charge in [-0.1, -0.05) is 5.21 Å².